The minimum absolute atomic E-state index is 0.122. The Kier molecular flexibility index (Phi) is 8.62. The summed E-state index contributed by atoms with van der Waals surface area (Å²) in [5.41, 5.74) is 2.10. The second kappa shape index (κ2) is 10.9. The van der Waals surface area contributed by atoms with Crippen LogP contribution in [0.4, 0.5) is 0 Å². The van der Waals surface area contributed by atoms with Crippen molar-refractivity contribution in [3.8, 4) is 17.0 Å². The Labute approximate surface area is 181 Å². The lowest BCUT2D eigenvalue weighted by atomic mass is 9.99. The predicted molar refractivity (Wildman–Crippen MR) is 115 cm³/mol. The Morgan fingerprint density at radius 2 is 1.73 bits per heavy atom. The quantitative estimate of drug-likeness (QED) is 0.492. The van der Waals surface area contributed by atoms with Gasteiger partial charge < -0.3 is 14.9 Å². The molecule has 0 aliphatic carbocycles. The molecule has 0 spiro atoms. The molecule has 0 amide bonds. The fourth-order valence-electron chi connectivity index (χ4n) is 3.10. The molecule has 0 saturated heterocycles. The molecular weight excluding hydrogens is 408 g/mol. The molecule has 30 heavy (non-hydrogen) atoms. The molecule has 2 rings (SSSR count). The molecule has 162 valence electrons. The summed E-state index contributed by atoms with van der Waals surface area (Å²) in [5.74, 6) is -1.48. The van der Waals surface area contributed by atoms with Gasteiger partial charge in [-0.1, -0.05) is 49.7 Å². The van der Waals surface area contributed by atoms with E-state index in [1.807, 2.05) is 20.8 Å². The first-order valence-electron chi connectivity index (χ1n) is 9.81. The molecule has 2 atom stereocenters. The van der Waals surface area contributed by atoms with Crippen molar-refractivity contribution in [1.29, 1.82) is 0 Å². The van der Waals surface area contributed by atoms with E-state index in [2.05, 4.69) is 10.3 Å². The minimum Gasteiger partial charge on any atom is -0.492 e. The number of halogens is 1. The average Bonchev–Trinajstić information content (AvgIpc) is 2.68. The summed E-state index contributed by atoms with van der Waals surface area (Å²) in [6, 6.07) is 6.95. The summed E-state index contributed by atoms with van der Waals surface area (Å²) in [5, 5.41) is 22.1. The molecule has 0 saturated carbocycles. The summed E-state index contributed by atoms with van der Waals surface area (Å²) >= 11 is 6.39. The fraction of sp³-hybridized carbons (Fsp3) is 0.409. The number of carboxylic acids is 2. The minimum atomic E-state index is -1.09. The van der Waals surface area contributed by atoms with Crippen molar-refractivity contribution in [3.05, 3.63) is 47.1 Å². The molecule has 1 aromatic heterocycles. The summed E-state index contributed by atoms with van der Waals surface area (Å²) in [7, 11) is 0. The van der Waals surface area contributed by atoms with E-state index in [9.17, 15) is 19.8 Å². The third-order valence-corrected chi connectivity index (χ3v) is 4.89. The van der Waals surface area contributed by atoms with Gasteiger partial charge in [0.2, 0.25) is 0 Å². The summed E-state index contributed by atoms with van der Waals surface area (Å²) < 4.78 is 5.49. The zero-order valence-electron chi connectivity index (χ0n) is 17.3. The molecule has 0 aliphatic heterocycles. The fourth-order valence-corrected chi connectivity index (χ4v) is 3.38. The van der Waals surface area contributed by atoms with Gasteiger partial charge in [0.25, 0.3) is 0 Å². The van der Waals surface area contributed by atoms with Gasteiger partial charge in [-0.3, -0.25) is 19.9 Å². The number of carbonyl (C=O) groups is 2. The first-order valence-corrected chi connectivity index (χ1v) is 10.2. The number of nitrogens with zero attached hydrogens (tertiary/aromatic N) is 1. The Morgan fingerprint density at radius 1 is 1.10 bits per heavy atom. The van der Waals surface area contributed by atoms with Crippen LogP contribution in [0.1, 0.15) is 32.8 Å². The second-order valence-corrected chi connectivity index (χ2v) is 7.76. The van der Waals surface area contributed by atoms with E-state index in [1.54, 1.807) is 36.5 Å². The number of rotatable bonds is 11. The highest BCUT2D eigenvalue weighted by atomic mass is 35.5. The van der Waals surface area contributed by atoms with Crippen molar-refractivity contribution in [2.24, 2.45) is 5.92 Å². The lowest BCUT2D eigenvalue weighted by Gasteiger charge is -2.22. The van der Waals surface area contributed by atoms with Crippen molar-refractivity contribution < 1.29 is 24.5 Å². The standard InChI is InChI=1S/C22H27ClN2O5/c1-4-30-18-9-10-24-20(19(18)23)15-7-5-14(6-8-15)12-17(22(28)29)25-16(21(26)27)11-13(2)3/h5-10,13,16-17,25H,4,11-12H2,1-3H3,(H,26,27)(H,28,29). The SMILES string of the molecule is CCOc1ccnc(-c2ccc(CC(NC(CC(C)C)C(=O)O)C(=O)O)cc2)c1Cl. The molecule has 0 radical (unpaired) electrons. The van der Waals surface area contributed by atoms with E-state index in [4.69, 9.17) is 16.3 Å². The molecular formula is C22H27ClN2O5. The molecule has 0 fully saturated rings. The highest BCUT2D eigenvalue weighted by molar-refractivity contribution is 6.34. The second-order valence-electron chi connectivity index (χ2n) is 7.38. The molecule has 3 N–H and O–H groups in total. The van der Waals surface area contributed by atoms with Gasteiger partial charge in [0, 0.05) is 17.8 Å². The van der Waals surface area contributed by atoms with Gasteiger partial charge in [0.1, 0.15) is 22.9 Å². The number of hydrogen-bond acceptors (Lipinski definition) is 5. The maximum atomic E-state index is 11.7. The van der Waals surface area contributed by atoms with E-state index in [0.29, 0.717) is 29.5 Å². The van der Waals surface area contributed by atoms with Crippen LogP contribution in [0.15, 0.2) is 36.5 Å². The predicted octanol–water partition coefficient (Wildman–Crippen LogP) is 3.89. The molecule has 2 unspecified atom stereocenters. The van der Waals surface area contributed by atoms with Crippen LogP contribution in [-0.4, -0.2) is 45.8 Å². The number of pyridine rings is 1. The van der Waals surface area contributed by atoms with Gasteiger partial charge in [-0.15, -0.1) is 0 Å². The maximum Gasteiger partial charge on any atom is 0.321 e. The molecule has 7 nitrogen and oxygen atoms in total. The summed E-state index contributed by atoms with van der Waals surface area (Å²) in [6.07, 6.45) is 2.11. The summed E-state index contributed by atoms with van der Waals surface area (Å²) in [4.78, 5) is 27.5. The number of carboxylic acid groups (broad SMARTS) is 2. The molecule has 1 aromatic carbocycles. The number of aromatic nitrogens is 1. The van der Waals surface area contributed by atoms with Crippen LogP contribution in [0.5, 0.6) is 5.75 Å². The van der Waals surface area contributed by atoms with Crippen LogP contribution in [0.3, 0.4) is 0 Å². The zero-order valence-corrected chi connectivity index (χ0v) is 18.0. The topological polar surface area (TPSA) is 109 Å². The van der Waals surface area contributed by atoms with E-state index in [-0.39, 0.29) is 12.3 Å². The van der Waals surface area contributed by atoms with Crippen molar-refractivity contribution >= 4 is 23.5 Å². The van der Waals surface area contributed by atoms with Crippen LogP contribution in [0.2, 0.25) is 5.02 Å². The number of ether oxygens (including phenoxy) is 1. The monoisotopic (exact) mass is 434 g/mol. The number of hydrogen-bond donors (Lipinski definition) is 3. The van der Waals surface area contributed by atoms with Gasteiger partial charge in [-0.05, 0) is 31.2 Å². The Hall–Kier alpha value is -2.64. The highest BCUT2D eigenvalue weighted by Gasteiger charge is 2.26. The molecule has 2 aromatic rings. The Balaban J connectivity index is 2.17. The van der Waals surface area contributed by atoms with Crippen LogP contribution in [0.25, 0.3) is 11.3 Å². The van der Waals surface area contributed by atoms with Crippen molar-refractivity contribution in [1.82, 2.24) is 10.3 Å². The van der Waals surface area contributed by atoms with Crippen LogP contribution >= 0.6 is 11.6 Å². The maximum absolute atomic E-state index is 11.7. The average molecular weight is 435 g/mol. The first kappa shape index (κ1) is 23.6. The molecule has 0 aliphatic rings. The third-order valence-electron chi connectivity index (χ3n) is 4.53. The van der Waals surface area contributed by atoms with E-state index < -0.39 is 24.0 Å². The lowest BCUT2D eigenvalue weighted by molar-refractivity contribution is -0.142. The number of aliphatic carboxylic acids is 2. The van der Waals surface area contributed by atoms with Crippen molar-refractivity contribution in [2.75, 3.05) is 6.61 Å². The molecule has 0 bridgehead atoms. The Morgan fingerprint density at radius 3 is 2.27 bits per heavy atom. The van der Waals surface area contributed by atoms with Gasteiger partial charge in [0.15, 0.2) is 0 Å². The zero-order chi connectivity index (χ0) is 22.3. The van der Waals surface area contributed by atoms with E-state index in [1.165, 1.54) is 0 Å². The van der Waals surface area contributed by atoms with Crippen LogP contribution in [0, 0.1) is 5.92 Å². The Bertz CT molecular complexity index is 870. The number of nitrogens with one attached hydrogen (secondary N) is 1. The third kappa shape index (κ3) is 6.43. The normalized spacial score (nSPS) is 13.1. The van der Waals surface area contributed by atoms with Gasteiger partial charge in [-0.25, -0.2) is 0 Å². The van der Waals surface area contributed by atoms with Gasteiger partial charge in [0.05, 0.1) is 12.3 Å². The summed E-state index contributed by atoms with van der Waals surface area (Å²) in [6.45, 7) is 6.14. The van der Waals surface area contributed by atoms with Gasteiger partial charge >= 0.3 is 11.9 Å². The van der Waals surface area contributed by atoms with Crippen molar-refractivity contribution in [2.45, 2.75) is 45.7 Å². The van der Waals surface area contributed by atoms with Crippen LogP contribution < -0.4 is 10.1 Å². The molecule has 1 heterocycles. The first-order chi connectivity index (χ1) is 14.2. The largest absolute Gasteiger partial charge is 0.492 e. The smallest absolute Gasteiger partial charge is 0.321 e. The lowest BCUT2D eigenvalue weighted by Crippen LogP contribution is -2.48. The number of benzene rings is 1. The van der Waals surface area contributed by atoms with Gasteiger partial charge in [-0.2, -0.15) is 0 Å². The highest BCUT2D eigenvalue weighted by Crippen LogP contribution is 2.33. The van der Waals surface area contributed by atoms with E-state index >= 15 is 0 Å². The van der Waals surface area contributed by atoms with Crippen LogP contribution in [-0.2, 0) is 16.0 Å². The molecule has 8 heteroatoms. The van der Waals surface area contributed by atoms with E-state index in [0.717, 1.165) is 11.1 Å². The van der Waals surface area contributed by atoms with Crippen molar-refractivity contribution in [3.63, 3.8) is 0 Å².